The van der Waals surface area contributed by atoms with Crippen molar-refractivity contribution < 1.29 is 9.80 Å². The number of hydrazone groups is 1. The summed E-state index contributed by atoms with van der Waals surface area (Å²) in [5.41, 5.74) is 5.30. The van der Waals surface area contributed by atoms with Crippen molar-refractivity contribution in [2.24, 2.45) is 5.10 Å². The smallest absolute Gasteiger partial charge is 0.263 e. The monoisotopic (exact) mass is 451 g/mol. The molecule has 2 heterocycles. The van der Waals surface area contributed by atoms with Crippen molar-refractivity contribution in [1.29, 1.82) is 0 Å². The van der Waals surface area contributed by atoms with Gasteiger partial charge in [0.05, 0.1) is 29.8 Å². The summed E-state index contributed by atoms with van der Waals surface area (Å²) in [6, 6.07) is 12.7. The summed E-state index contributed by atoms with van der Waals surface area (Å²) in [7, 11) is 0. The number of carbonyl (C=O) groups is 1. The van der Waals surface area contributed by atoms with Crippen LogP contribution < -0.4 is 15.4 Å². The van der Waals surface area contributed by atoms with E-state index in [9.17, 15) is 4.79 Å². The number of carbonyl (C=O) groups excluding carboxylic acids is 1. The Bertz CT molecular complexity index is 926. The number of hydrogen-bond donors (Lipinski definition) is 2. The average molecular weight is 453 g/mol. The molecule has 2 N–H and O–H groups in total. The van der Waals surface area contributed by atoms with E-state index in [2.05, 4.69) is 10.5 Å². The van der Waals surface area contributed by atoms with E-state index in [1.165, 1.54) is 6.42 Å². The Kier molecular flexibility index (Phi) is 6.30. The predicted octanol–water partition coefficient (Wildman–Crippen LogP) is 4.05. The van der Waals surface area contributed by atoms with Gasteiger partial charge >= 0.3 is 5.91 Å². The number of benzene rings is 2. The van der Waals surface area contributed by atoms with Crippen LogP contribution in [0.2, 0.25) is 15.1 Å². The number of halogens is 3. The number of nitrogens with zero attached hydrogens (tertiary/aromatic N) is 2. The number of piperidine rings is 1. The van der Waals surface area contributed by atoms with E-state index in [1.807, 2.05) is 35.3 Å². The maximum Gasteiger partial charge on any atom is 0.312 e. The van der Waals surface area contributed by atoms with E-state index in [4.69, 9.17) is 34.8 Å². The molecule has 2 aliphatic rings. The second-order valence-electron chi connectivity index (χ2n) is 7.38. The molecule has 29 heavy (non-hydrogen) atoms. The van der Waals surface area contributed by atoms with Crippen LogP contribution in [0.3, 0.4) is 0 Å². The van der Waals surface area contributed by atoms with Crippen LogP contribution in [-0.2, 0) is 4.79 Å². The summed E-state index contributed by atoms with van der Waals surface area (Å²) < 4.78 is 0. The van der Waals surface area contributed by atoms with Crippen LogP contribution in [0.5, 0.6) is 0 Å². The van der Waals surface area contributed by atoms with Crippen molar-refractivity contribution in [1.82, 2.24) is 5.43 Å². The minimum Gasteiger partial charge on any atom is -0.263 e. The summed E-state index contributed by atoms with van der Waals surface area (Å²) in [5, 5.41) is 9.28. The number of quaternary nitrogens is 1. The summed E-state index contributed by atoms with van der Waals surface area (Å²) in [6.07, 6.45) is 3.96. The average Bonchev–Trinajstić information content (AvgIpc) is 3.14. The molecule has 1 atom stereocenters. The highest BCUT2D eigenvalue weighted by atomic mass is 35.5. The van der Waals surface area contributed by atoms with Gasteiger partial charge in [0.15, 0.2) is 0 Å². The van der Waals surface area contributed by atoms with Crippen molar-refractivity contribution in [3.63, 3.8) is 0 Å². The highest BCUT2D eigenvalue weighted by molar-refractivity contribution is 6.40. The van der Waals surface area contributed by atoms with Gasteiger partial charge in [0.1, 0.15) is 5.71 Å². The predicted molar refractivity (Wildman–Crippen MR) is 118 cm³/mol. The van der Waals surface area contributed by atoms with Gasteiger partial charge in [0, 0.05) is 16.5 Å². The second kappa shape index (κ2) is 8.92. The number of amides is 1. The zero-order chi connectivity index (χ0) is 20.4. The zero-order valence-electron chi connectivity index (χ0n) is 15.8. The molecule has 0 unspecified atom stereocenters. The molecule has 0 saturated carbocycles. The Hall–Kier alpha value is -1.79. The molecule has 1 saturated heterocycles. The van der Waals surface area contributed by atoms with Crippen molar-refractivity contribution in [2.45, 2.75) is 31.7 Å². The first kappa shape index (κ1) is 20.5. The van der Waals surface area contributed by atoms with Gasteiger partial charge in [-0.3, -0.25) is 9.80 Å². The molecule has 1 amide bonds. The van der Waals surface area contributed by atoms with E-state index in [0.717, 1.165) is 36.5 Å². The molecule has 2 aromatic rings. The van der Waals surface area contributed by atoms with Crippen LogP contribution in [-0.4, -0.2) is 24.7 Å². The van der Waals surface area contributed by atoms with Crippen LogP contribution in [0.15, 0.2) is 47.6 Å². The number of rotatable bonds is 4. The van der Waals surface area contributed by atoms with Gasteiger partial charge in [0.25, 0.3) is 0 Å². The first-order valence-corrected chi connectivity index (χ1v) is 10.9. The standard InChI is InChI=1S/C21H21Cl3N4O/c22-15-6-4-14(5-7-15)20-13-18(21(29)26-27-10-2-1-3-11-27)25-28(20)19-9-8-16(23)12-17(19)24/h4-9,12,20H,1-3,10-11,13H2,(H,26,29)/p+1/t20-/m0/s1. The van der Waals surface area contributed by atoms with Crippen LogP contribution in [0.1, 0.15) is 37.3 Å². The van der Waals surface area contributed by atoms with E-state index < -0.39 is 0 Å². The SMILES string of the molecule is O=C(N[NH+]1CCCCC1)C1=NN(c2ccc(Cl)cc2Cl)[C@H](c2ccc(Cl)cc2)C1. The van der Waals surface area contributed by atoms with Crippen LogP contribution in [0.25, 0.3) is 0 Å². The van der Waals surface area contributed by atoms with Gasteiger partial charge < -0.3 is 0 Å². The first-order valence-electron chi connectivity index (χ1n) is 9.74. The van der Waals surface area contributed by atoms with Crippen molar-refractivity contribution >= 4 is 52.1 Å². The molecule has 5 nitrogen and oxygen atoms in total. The van der Waals surface area contributed by atoms with Gasteiger partial charge in [-0.05, 0) is 55.2 Å². The Morgan fingerprint density at radius 1 is 1.00 bits per heavy atom. The lowest BCUT2D eigenvalue weighted by atomic mass is 10.0. The fourth-order valence-corrected chi connectivity index (χ4v) is 4.44. The number of anilines is 1. The second-order valence-corrected chi connectivity index (χ2v) is 8.66. The molecule has 2 aromatic carbocycles. The van der Waals surface area contributed by atoms with Gasteiger partial charge in [-0.15, -0.1) is 0 Å². The molecule has 0 bridgehead atoms. The lowest BCUT2D eigenvalue weighted by Gasteiger charge is -2.25. The Balaban J connectivity index is 1.62. The lowest BCUT2D eigenvalue weighted by Crippen LogP contribution is -3.20. The third-order valence-corrected chi connectivity index (χ3v) is 6.12. The van der Waals surface area contributed by atoms with E-state index in [0.29, 0.717) is 32.9 Å². The van der Waals surface area contributed by atoms with Crippen molar-refractivity contribution in [2.75, 3.05) is 18.1 Å². The van der Waals surface area contributed by atoms with Gasteiger partial charge in [0.2, 0.25) is 0 Å². The molecule has 8 heteroatoms. The molecule has 0 aliphatic carbocycles. The Labute approximate surface area is 185 Å². The van der Waals surface area contributed by atoms with Gasteiger partial charge in [-0.1, -0.05) is 46.9 Å². The summed E-state index contributed by atoms with van der Waals surface area (Å²) in [6.45, 7) is 1.90. The maximum absolute atomic E-state index is 12.9. The normalized spacial score (nSPS) is 19.9. The molecule has 0 radical (unpaired) electrons. The van der Waals surface area contributed by atoms with Crippen LogP contribution in [0.4, 0.5) is 5.69 Å². The molecule has 0 aromatic heterocycles. The molecular formula is C21H22Cl3N4O+. The molecule has 152 valence electrons. The van der Waals surface area contributed by atoms with Gasteiger partial charge in [-0.25, -0.2) is 5.01 Å². The highest BCUT2D eigenvalue weighted by Gasteiger charge is 2.34. The van der Waals surface area contributed by atoms with E-state index in [-0.39, 0.29) is 11.9 Å². The summed E-state index contributed by atoms with van der Waals surface area (Å²) in [4.78, 5) is 12.9. The molecule has 0 spiro atoms. The van der Waals surface area contributed by atoms with Gasteiger partial charge in [-0.2, -0.15) is 10.5 Å². The number of nitrogens with one attached hydrogen (secondary N) is 2. The van der Waals surface area contributed by atoms with Crippen molar-refractivity contribution in [3.05, 3.63) is 63.1 Å². The van der Waals surface area contributed by atoms with Crippen LogP contribution in [0, 0.1) is 0 Å². The largest absolute Gasteiger partial charge is 0.312 e. The third kappa shape index (κ3) is 4.69. The topological polar surface area (TPSA) is 49.1 Å². The molecular weight excluding hydrogens is 431 g/mol. The zero-order valence-corrected chi connectivity index (χ0v) is 18.1. The third-order valence-electron chi connectivity index (χ3n) is 5.33. The Morgan fingerprint density at radius 3 is 2.38 bits per heavy atom. The fraction of sp³-hybridized carbons (Fsp3) is 0.333. The molecule has 4 rings (SSSR count). The Morgan fingerprint density at radius 2 is 1.69 bits per heavy atom. The lowest BCUT2D eigenvalue weighted by molar-refractivity contribution is -0.940. The minimum atomic E-state index is -0.150. The molecule has 1 fully saturated rings. The quantitative estimate of drug-likeness (QED) is 0.735. The van der Waals surface area contributed by atoms with E-state index in [1.54, 1.807) is 12.1 Å². The highest BCUT2D eigenvalue weighted by Crippen LogP contribution is 2.39. The first-order chi connectivity index (χ1) is 14.0. The molecule has 2 aliphatic heterocycles. The minimum absolute atomic E-state index is 0.131. The summed E-state index contributed by atoms with van der Waals surface area (Å²) in [5.74, 6) is -0.131. The number of hydrogen-bond acceptors (Lipinski definition) is 3. The van der Waals surface area contributed by atoms with Crippen LogP contribution >= 0.6 is 34.8 Å². The fourth-order valence-electron chi connectivity index (χ4n) is 3.82. The van der Waals surface area contributed by atoms with Crippen molar-refractivity contribution in [3.8, 4) is 0 Å². The maximum atomic E-state index is 12.9. The van der Waals surface area contributed by atoms with E-state index >= 15 is 0 Å². The summed E-state index contributed by atoms with van der Waals surface area (Å²) >= 11 is 18.6.